The number of carbonyl (C=O) groups is 2. The smallest absolute Gasteiger partial charge is 0.305 e. The van der Waals surface area contributed by atoms with Gasteiger partial charge in [0.05, 0.1) is 13.2 Å². The Hall–Kier alpha value is -1.32. The Bertz CT molecular complexity index is 404. The minimum atomic E-state index is -0.225. The molecule has 0 N–H and O–H groups in total. The highest BCUT2D eigenvalue weighted by Crippen LogP contribution is 2.10. The fourth-order valence-electron chi connectivity index (χ4n) is 3.11. The third kappa shape index (κ3) is 22.8. The number of rotatable bonds is 21. The summed E-state index contributed by atoms with van der Waals surface area (Å²) in [5.41, 5.74) is 0. The van der Waals surface area contributed by atoms with Crippen LogP contribution in [-0.2, 0) is 19.1 Å². The van der Waals surface area contributed by atoms with E-state index in [4.69, 9.17) is 9.47 Å². The number of esters is 2. The highest BCUT2D eigenvalue weighted by atomic mass is 16.5. The predicted octanol–water partition coefficient (Wildman–Crippen LogP) is 7.30. The van der Waals surface area contributed by atoms with Gasteiger partial charge in [0.15, 0.2) is 0 Å². The van der Waals surface area contributed by atoms with Crippen molar-refractivity contribution in [1.82, 2.24) is 0 Å². The molecule has 29 heavy (non-hydrogen) atoms. The van der Waals surface area contributed by atoms with Crippen molar-refractivity contribution in [3.63, 3.8) is 0 Å². The van der Waals surface area contributed by atoms with Crippen molar-refractivity contribution in [2.24, 2.45) is 0 Å². The fraction of sp³-hybridized carbons (Fsp3) is 0.840. The van der Waals surface area contributed by atoms with Crippen molar-refractivity contribution < 1.29 is 19.1 Å². The summed E-state index contributed by atoms with van der Waals surface area (Å²) in [6.07, 6.45) is 22.4. The molecule has 0 saturated heterocycles. The van der Waals surface area contributed by atoms with E-state index in [1.165, 1.54) is 64.2 Å². The topological polar surface area (TPSA) is 52.6 Å². The quantitative estimate of drug-likeness (QED) is 0.113. The van der Waals surface area contributed by atoms with E-state index in [1.54, 1.807) is 0 Å². The summed E-state index contributed by atoms with van der Waals surface area (Å²) in [7, 11) is 0. The molecule has 170 valence electrons. The summed E-state index contributed by atoms with van der Waals surface area (Å²) in [4.78, 5) is 23.2. The highest BCUT2D eigenvalue weighted by Gasteiger charge is 2.07. The van der Waals surface area contributed by atoms with Gasteiger partial charge in [-0.3, -0.25) is 9.59 Å². The maximum atomic E-state index is 11.7. The molecule has 0 atom stereocenters. The van der Waals surface area contributed by atoms with E-state index in [2.05, 4.69) is 26.0 Å². The Morgan fingerprint density at radius 2 is 1.03 bits per heavy atom. The first kappa shape index (κ1) is 27.7. The van der Waals surface area contributed by atoms with Crippen molar-refractivity contribution in [1.29, 1.82) is 0 Å². The number of hydrogen-bond acceptors (Lipinski definition) is 4. The van der Waals surface area contributed by atoms with Crippen molar-refractivity contribution in [3.8, 4) is 0 Å². The van der Waals surface area contributed by atoms with Gasteiger partial charge in [0, 0.05) is 12.8 Å². The molecular weight excluding hydrogens is 364 g/mol. The molecule has 0 aliphatic rings. The van der Waals surface area contributed by atoms with Gasteiger partial charge in [-0.15, -0.1) is 0 Å². The molecule has 0 bridgehead atoms. The van der Waals surface area contributed by atoms with Crippen LogP contribution in [0.1, 0.15) is 123 Å². The van der Waals surface area contributed by atoms with Gasteiger partial charge in [-0.05, 0) is 32.1 Å². The summed E-state index contributed by atoms with van der Waals surface area (Å²) >= 11 is 0. The summed E-state index contributed by atoms with van der Waals surface area (Å²) in [5.74, 6) is -0.435. The van der Waals surface area contributed by atoms with Crippen LogP contribution in [0, 0.1) is 0 Å². The van der Waals surface area contributed by atoms with Gasteiger partial charge in [0.2, 0.25) is 0 Å². The average molecular weight is 411 g/mol. The van der Waals surface area contributed by atoms with E-state index in [0.717, 1.165) is 25.7 Å². The molecule has 0 radical (unpaired) electrons. The SMILES string of the molecule is CCCCCCCCCC/C=C/CCOC(=O)CCCC(=O)OCCCCCC. The molecule has 0 unspecified atom stereocenters. The van der Waals surface area contributed by atoms with E-state index in [9.17, 15) is 9.59 Å². The molecule has 0 fully saturated rings. The first-order valence-corrected chi connectivity index (χ1v) is 12.2. The molecule has 0 amide bonds. The van der Waals surface area contributed by atoms with Gasteiger partial charge in [0.1, 0.15) is 0 Å². The van der Waals surface area contributed by atoms with Crippen LogP contribution in [0.3, 0.4) is 0 Å². The van der Waals surface area contributed by atoms with E-state index >= 15 is 0 Å². The largest absolute Gasteiger partial charge is 0.466 e. The number of unbranched alkanes of at least 4 members (excludes halogenated alkanes) is 11. The summed E-state index contributed by atoms with van der Waals surface area (Å²) in [6, 6.07) is 0. The molecule has 0 aromatic carbocycles. The van der Waals surface area contributed by atoms with Crippen molar-refractivity contribution in [3.05, 3.63) is 12.2 Å². The molecule has 4 heteroatoms. The maximum absolute atomic E-state index is 11.7. The lowest BCUT2D eigenvalue weighted by Crippen LogP contribution is -2.09. The zero-order valence-corrected chi connectivity index (χ0v) is 19.2. The predicted molar refractivity (Wildman–Crippen MR) is 121 cm³/mol. The van der Waals surface area contributed by atoms with Gasteiger partial charge >= 0.3 is 11.9 Å². The number of ether oxygens (including phenoxy) is 2. The van der Waals surface area contributed by atoms with Crippen LogP contribution in [-0.4, -0.2) is 25.2 Å². The number of carbonyl (C=O) groups excluding carboxylic acids is 2. The van der Waals surface area contributed by atoms with Crippen LogP contribution in [0.15, 0.2) is 12.2 Å². The molecule has 0 aromatic rings. The van der Waals surface area contributed by atoms with Crippen LogP contribution >= 0.6 is 0 Å². The minimum Gasteiger partial charge on any atom is -0.466 e. The summed E-state index contributed by atoms with van der Waals surface area (Å²) < 4.78 is 10.4. The second-order valence-electron chi connectivity index (χ2n) is 7.88. The molecular formula is C25H46O4. The van der Waals surface area contributed by atoms with Crippen LogP contribution in [0.5, 0.6) is 0 Å². The van der Waals surface area contributed by atoms with E-state index in [-0.39, 0.29) is 18.4 Å². The molecule has 4 nitrogen and oxygen atoms in total. The zero-order chi connectivity index (χ0) is 21.4. The third-order valence-corrected chi connectivity index (χ3v) is 4.96. The Balaban J connectivity index is 3.36. The van der Waals surface area contributed by atoms with Gasteiger partial charge in [-0.2, -0.15) is 0 Å². The van der Waals surface area contributed by atoms with E-state index in [1.807, 2.05) is 0 Å². The van der Waals surface area contributed by atoms with E-state index < -0.39 is 0 Å². The molecule has 0 saturated carbocycles. The first-order chi connectivity index (χ1) is 14.2. The first-order valence-electron chi connectivity index (χ1n) is 12.2. The summed E-state index contributed by atoms with van der Waals surface area (Å²) in [5, 5.41) is 0. The number of allylic oxidation sites excluding steroid dienone is 1. The normalized spacial score (nSPS) is 11.1. The Morgan fingerprint density at radius 3 is 1.66 bits per heavy atom. The Morgan fingerprint density at radius 1 is 0.552 bits per heavy atom. The molecule has 0 spiro atoms. The molecule has 0 aliphatic carbocycles. The van der Waals surface area contributed by atoms with Gasteiger partial charge in [-0.1, -0.05) is 90.2 Å². The Labute approximate surface area is 179 Å². The van der Waals surface area contributed by atoms with Crippen LogP contribution in [0.4, 0.5) is 0 Å². The zero-order valence-electron chi connectivity index (χ0n) is 19.2. The lowest BCUT2D eigenvalue weighted by Gasteiger charge is -2.05. The lowest BCUT2D eigenvalue weighted by molar-refractivity contribution is -0.145. The van der Waals surface area contributed by atoms with Gasteiger partial charge < -0.3 is 9.47 Å². The second-order valence-corrected chi connectivity index (χ2v) is 7.88. The lowest BCUT2D eigenvalue weighted by atomic mass is 10.1. The van der Waals surface area contributed by atoms with Crippen molar-refractivity contribution in [2.45, 2.75) is 123 Å². The van der Waals surface area contributed by atoms with Crippen LogP contribution in [0.2, 0.25) is 0 Å². The van der Waals surface area contributed by atoms with Gasteiger partial charge in [0.25, 0.3) is 0 Å². The molecule has 0 rings (SSSR count). The van der Waals surface area contributed by atoms with E-state index in [0.29, 0.717) is 26.1 Å². The van der Waals surface area contributed by atoms with Crippen LogP contribution < -0.4 is 0 Å². The standard InChI is InChI=1S/C25H46O4/c1-3-5-7-9-10-11-12-13-14-15-16-18-23-29-25(27)21-19-20-24(26)28-22-17-8-6-4-2/h15-16H,3-14,17-23H2,1-2H3/b16-15+. The fourth-order valence-corrected chi connectivity index (χ4v) is 3.11. The summed E-state index contributed by atoms with van der Waals surface area (Å²) in [6.45, 7) is 5.32. The van der Waals surface area contributed by atoms with Crippen LogP contribution in [0.25, 0.3) is 0 Å². The van der Waals surface area contributed by atoms with Crippen molar-refractivity contribution >= 4 is 11.9 Å². The molecule has 0 heterocycles. The highest BCUT2D eigenvalue weighted by molar-refractivity contribution is 5.72. The monoisotopic (exact) mass is 410 g/mol. The molecule has 0 aliphatic heterocycles. The number of hydrogen-bond donors (Lipinski definition) is 0. The Kier molecular flexibility index (Phi) is 21.9. The van der Waals surface area contributed by atoms with Crippen molar-refractivity contribution in [2.75, 3.05) is 13.2 Å². The minimum absolute atomic E-state index is 0.210. The van der Waals surface area contributed by atoms with Gasteiger partial charge in [-0.25, -0.2) is 0 Å². The second kappa shape index (κ2) is 23.0. The maximum Gasteiger partial charge on any atom is 0.305 e. The molecule has 0 aromatic heterocycles. The third-order valence-electron chi connectivity index (χ3n) is 4.96. The average Bonchev–Trinajstić information content (AvgIpc) is 2.71.